The molecule has 0 fully saturated rings. The summed E-state index contributed by atoms with van der Waals surface area (Å²) >= 11 is 12.6. The fourth-order valence-corrected chi connectivity index (χ4v) is 4.54. The Hall–Kier alpha value is -2.23. The summed E-state index contributed by atoms with van der Waals surface area (Å²) in [5.41, 5.74) is 7.10. The van der Waals surface area contributed by atoms with Gasteiger partial charge in [-0.2, -0.15) is 0 Å². The van der Waals surface area contributed by atoms with Crippen molar-refractivity contribution in [1.29, 1.82) is 0 Å². The largest absolute Gasteiger partial charge is 0.309 e. The fraction of sp³-hybridized carbons (Fsp3) is 0.227. The van der Waals surface area contributed by atoms with Crippen molar-refractivity contribution in [2.45, 2.75) is 32.7 Å². The van der Waals surface area contributed by atoms with E-state index in [1.165, 1.54) is 16.8 Å². The molecule has 0 atom stereocenters. The Balaban J connectivity index is 1.74. The first-order valence-corrected chi connectivity index (χ1v) is 10.0. The van der Waals surface area contributed by atoms with Crippen molar-refractivity contribution in [2.75, 3.05) is 0 Å². The van der Waals surface area contributed by atoms with Crippen molar-refractivity contribution in [1.82, 2.24) is 14.2 Å². The first-order chi connectivity index (χ1) is 13.1. The minimum absolute atomic E-state index is 0.655. The molecule has 1 aliphatic heterocycles. The van der Waals surface area contributed by atoms with Gasteiger partial charge >= 0.3 is 0 Å². The van der Waals surface area contributed by atoms with Crippen LogP contribution in [0.15, 0.2) is 48.7 Å². The average molecular weight is 396 g/mol. The molecule has 5 rings (SSSR count). The first-order valence-electron chi connectivity index (χ1n) is 9.25. The van der Waals surface area contributed by atoms with Gasteiger partial charge in [0.1, 0.15) is 5.65 Å². The quantitative estimate of drug-likeness (QED) is 0.383. The molecule has 27 heavy (non-hydrogen) atoms. The van der Waals surface area contributed by atoms with Crippen LogP contribution < -0.4 is 0 Å². The maximum absolute atomic E-state index is 6.51. The molecule has 0 unspecified atom stereocenters. The van der Waals surface area contributed by atoms with E-state index in [9.17, 15) is 0 Å². The Kier molecular flexibility index (Phi) is 4.03. The lowest BCUT2D eigenvalue weighted by Gasteiger charge is -2.08. The van der Waals surface area contributed by atoms with Gasteiger partial charge in [0.15, 0.2) is 5.82 Å². The Morgan fingerprint density at radius 1 is 0.963 bits per heavy atom. The van der Waals surface area contributed by atoms with Crippen molar-refractivity contribution in [3.8, 4) is 22.5 Å². The zero-order chi connectivity index (χ0) is 18.5. The van der Waals surface area contributed by atoms with E-state index in [1.54, 1.807) is 0 Å². The van der Waals surface area contributed by atoms with Gasteiger partial charge in [0.05, 0.1) is 0 Å². The summed E-state index contributed by atoms with van der Waals surface area (Å²) < 4.78 is 4.39. The maximum Gasteiger partial charge on any atom is 0.162 e. The van der Waals surface area contributed by atoms with Crippen molar-refractivity contribution < 1.29 is 0 Å². The van der Waals surface area contributed by atoms with E-state index in [0.717, 1.165) is 48.3 Å². The van der Waals surface area contributed by atoms with Crippen LogP contribution in [0.25, 0.3) is 28.2 Å². The van der Waals surface area contributed by atoms with Gasteiger partial charge < -0.3 is 4.57 Å². The number of aromatic nitrogens is 3. The molecule has 4 aromatic rings. The van der Waals surface area contributed by atoms with Crippen molar-refractivity contribution in [2.24, 2.45) is 0 Å². The molecule has 0 N–H and O–H groups in total. The van der Waals surface area contributed by atoms with Gasteiger partial charge in [0, 0.05) is 45.0 Å². The number of hydrogen-bond donors (Lipinski definition) is 0. The number of hydrogen-bond acceptors (Lipinski definition) is 1. The molecule has 0 amide bonds. The molecule has 136 valence electrons. The topological polar surface area (TPSA) is 22.2 Å². The summed E-state index contributed by atoms with van der Waals surface area (Å²) in [7, 11) is 0. The Morgan fingerprint density at radius 3 is 2.56 bits per heavy atom. The molecule has 1 aliphatic rings. The van der Waals surface area contributed by atoms with Gasteiger partial charge in [-0.25, -0.2) is 4.52 Å². The second-order valence-electron chi connectivity index (χ2n) is 7.21. The molecular formula is C22H19Cl2N3. The summed E-state index contributed by atoms with van der Waals surface area (Å²) in [5, 5.41) is 6.27. The second kappa shape index (κ2) is 6.43. The van der Waals surface area contributed by atoms with Gasteiger partial charge in [-0.05, 0) is 38.3 Å². The summed E-state index contributed by atoms with van der Waals surface area (Å²) in [6, 6.07) is 14.3. The fourth-order valence-electron chi connectivity index (χ4n) is 4.03. The van der Waals surface area contributed by atoms with Crippen LogP contribution in [0.5, 0.6) is 0 Å². The van der Waals surface area contributed by atoms with Gasteiger partial charge in [-0.15, -0.1) is 5.10 Å². The summed E-state index contributed by atoms with van der Waals surface area (Å²) in [6.45, 7) is 3.09. The molecule has 0 saturated heterocycles. The van der Waals surface area contributed by atoms with Gasteiger partial charge in [-0.1, -0.05) is 59.1 Å². The SMILES string of the molecule is Cc1ccc(-c2nn3cc(-c4ccc(Cl)cc4Cl)c4c3n2CCCC4)cc1. The predicted molar refractivity (Wildman–Crippen MR) is 112 cm³/mol. The minimum Gasteiger partial charge on any atom is -0.309 e. The molecule has 3 nitrogen and oxygen atoms in total. The molecule has 5 heteroatoms. The van der Waals surface area contributed by atoms with Crippen molar-refractivity contribution in [3.63, 3.8) is 0 Å². The molecule has 0 aliphatic carbocycles. The lowest BCUT2D eigenvalue weighted by Crippen LogP contribution is -1.99. The third kappa shape index (κ3) is 2.77. The second-order valence-corrected chi connectivity index (χ2v) is 8.06. The smallest absolute Gasteiger partial charge is 0.162 e. The number of aryl methyl sites for hydroxylation is 3. The monoisotopic (exact) mass is 395 g/mol. The first kappa shape index (κ1) is 16.9. The van der Waals surface area contributed by atoms with E-state index in [4.69, 9.17) is 28.3 Å². The maximum atomic E-state index is 6.51. The molecular weight excluding hydrogens is 377 g/mol. The molecule has 2 aromatic heterocycles. The molecule has 3 heterocycles. The van der Waals surface area contributed by atoms with E-state index in [2.05, 4.69) is 42.0 Å². The third-order valence-electron chi connectivity index (χ3n) is 5.37. The van der Waals surface area contributed by atoms with Crippen LogP contribution in [0.4, 0.5) is 0 Å². The molecule has 0 radical (unpaired) electrons. The van der Waals surface area contributed by atoms with E-state index in [1.807, 2.05) is 22.7 Å². The highest BCUT2D eigenvalue weighted by atomic mass is 35.5. The molecule has 0 saturated carbocycles. The normalized spacial score (nSPS) is 13.9. The number of rotatable bonds is 2. The predicted octanol–water partition coefficient (Wildman–Crippen LogP) is 6.42. The highest BCUT2D eigenvalue weighted by Crippen LogP contribution is 2.38. The molecule has 2 aromatic carbocycles. The van der Waals surface area contributed by atoms with Crippen LogP contribution in [0.2, 0.25) is 10.0 Å². The van der Waals surface area contributed by atoms with Crippen molar-refractivity contribution >= 4 is 28.8 Å². The molecule has 0 bridgehead atoms. The number of halogens is 2. The van der Waals surface area contributed by atoms with E-state index < -0.39 is 0 Å². The zero-order valence-electron chi connectivity index (χ0n) is 15.0. The molecule has 0 spiro atoms. The highest BCUT2D eigenvalue weighted by molar-refractivity contribution is 6.36. The summed E-state index contributed by atoms with van der Waals surface area (Å²) in [4.78, 5) is 0. The summed E-state index contributed by atoms with van der Waals surface area (Å²) in [6.07, 6.45) is 5.45. The number of benzene rings is 2. The van der Waals surface area contributed by atoms with Crippen LogP contribution in [0, 0.1) is 6.92 Å². The van der Waals surface area contributed by atoms with E-state index >= 15 is 0 Å². The Labute approximate surface area is 168 Å². The van der Waals surface area contributed by atoms with Crippen LogP contribution in [0.1, 0.15) is 24.0 Å². The van der Waals surface area contributed by atoms with Crippen LogP contribution in [0.3, 0.4) is 0 Å². The van der Waals surface area contributed by atoms with Gasteiger partial charge in [-0.3, -0.25) is 0 Å². The Morgan fingerprint density at radius 2 is 1.78 bits per heavy atom. The highest BCUT2D eigenvalue weighted by Gasteiger charge is 2.23. The third-order valence-corrected chi connectivity index (χ3v) is 5.91. The van der Waals surface area contributed by atoms with Crippen molar-refractivity contribution in [3.05, 3.63) is 69.8 Å². The van der Waals surface area contributed by atoms with E-state index in [-0.39, 0.29) is 0 Å². The van der Waals surface area contributed by atoms with Crippen LogP contribution in [-0.2, 0) is 13.0 Å². The van der Waals surface area contributed by atoms with Gasteiger partial charge in [0.25, 0.3) is 0 Å². The van der Waals surface area contributed by atoms with Crippen LogP contribution in [-0.4, -0.2) is 14.2 Å². The standard InChI is InChI=1S/C22H19Cl2N3/c1-14-5-7-15(8-6-14)21-25-27-13-19(17-10-9-16(23)12-20(17)24)18-4-2-3-11-26(21)22(18)27/h5-10,12-13H,2-4,11H2,1H3. The average Bonchev–Trinajstić information content (AvgIpc) is 3.07. The van der Waals surface area contributed by atoms with E-state index in [0.29, 0.717) is 10.0 Å². The lowest BCUT2D eigenvalue weighted by molar-refractivity contribution is 0.645. The minimum atomic E-state index is 0.655. The van der Waals surface area contributed by atoms with Crippen LogP contribution >= 0.6 is 23.2 Å². The number of nitrogens with zero attached hydrogens (tertiary/aromatic N) is 3. The zero-order valence-corrected chi connectivity index (χ0v) is 16.6. The lowest BCUT2D eigenvalue weighted by atomic mass is 10.0. The summed E-state index contributed by atoms with van der Waals surface area (Å²) in [5.74, 6) is 1.03. The Bertz CT molecular complexity index is 1150. The van der Waals surface area contributed by atoms with Gasteiger partial charge in [0.2, 0.25) is 0 Å².